The molecule has 13 heavy (non-hydrogen) atoms. The van der Waals surface area contributed by atoms with E-state index in [4.69, 9.17) is 0 Å². The molecule has 5 atom stereocenters. The van der Waals surface area contributed by atoms with E-state index in [1.54, 1.807) is 0 Å². The van der Waals surface area contributed by atoms with Gasteiger partial charge in [0.1, 0.15) is 0 Å². The van der Waals surface area contributed by atoms with Crippen molar-refractivity contribution in [1.29, 1.82) is 0 Å². The molecule has 0 aromatic rings. The van der Waals surface area contributed by atoms with Gasteiger partial charge in [-0.3, -0.25) is 0 Å². The largest absolute Gasteiger partial charge is 0.0998 e. The highest BCUT2D eigenvalue weighted by Gasteiger charge is 2.36. The molecule has 0 aromatic carbocycles. The van der Waals surface area contributed by atoms with Crippen molar-refractivity contribution in [3.8, 4) is 0 Å². The summed E-state index contributed by atoms with van der Waals surface area (Å²) in [6, 6.07) is 0. The van der Waals surface area contributed by atoms with Gasteiger partial charge in [0.2, 0.25) is 0 Å². The van der Waals surface area contributed by atoms with Gasteiger partial charge in [-0.1, -0.05) is 39.8 Å². The molecule has 5 unspecified atom stereocenters. The average Bonchev–Trinajstić information content (AvgIpc) is 1.99. The maximum atomic E-state index is 4.14. The maximum Gasteiger partial charge on any atom is -0.0154 e. The number of allylic oxidation sites excluding steroid dienone is 1. The van der Waals surface area contributed by atoms with Crippen molar-refractivity contribution in [2.75, 3.05) is 0 Å². The summed E-state index contributed by atoms with van der Waals surface area (Å²) in [6.45, 7) is 15.9. The predicted octanol–water partition coefficient (Wildman–Crippen LogP) is 4.13. The zero-order valence-corrected chi connectivity index (χ0v) is 9.80. The van der Waals surface area contributed by atoms with Crippen LogP contribution in [0.5, 0.6) is 0 Å². The van der Waals surface area contributed by atoms with Crippen molar-refractivity contribution < 1.29 is 0 Å². The van der Waals surface area contributed by atoms with Crippen LogP contribution in [-0.2, 0) is 0 Å². The zero-order chi connectivity index (χ0) is 10.2. The molecule has 1 rings (SSSR count). The quantitative estimate of drug-likeness (QED) is 0.532. The number of rotatable bonds is 1. The Balaban J connectivity index is 2.79. The highest BCUT2D eigenvalue weighted by atomic mass is 14.4. The lowest BCUT2D eigenvalue weighted by Crippen LogP contribution is -2.35. The lowest BCUT2D eigenvalue weighted by Gasteiger charge is -2.43. The minimum absolute atomic E-state index is 0.756. The summed E-state index contributed by atoms with van der Waals surface area (Å²) in [4.78, 5) is 0. The van der Waals surface area contributed by atoms with Crippen molar-refractivity contribution in [3.63, 3.8) is 0 Å². The van der Waals surface area contributed by atoms with Crippen molar-refractivity contribution >= 4 is 0 Å². The molecule has 0 N–H and O–H groups in total. The fourth-order valence-corrected chi connectivity index (χ4v) is 3.25. The second-order valence-corrected chi connectivity index (χ2v) is 5.28. The smallest absolute Gasteiger partial charge is 0.0154 e. The summed E-state index contributed by atoms with van der Waals surface area (Å²) in [6.07, 6.45) is 1.38. The molecule has 0 heteroatoms. The first-order valence-corrected chi connectivity index (χ1v) is 5.60. The van der Waals surface area contributed by atoms with E-state index in [0.29, 0.717) is 0 Å². The van der Waals surface area contributed by atoms with Gasteiger partial charge in [-0.15, -0.1) is 0 Å². The number of hydrogen-bond donors (Lipinski definition) is 0. The molecule has 0 saturated heterocycles. The summed E-state index contributed by atoms with van der Waals surface area (Å²) in [7, 11) is 0. The molecule has 0 spiro atoms. The van der Waals surface area contributed by atoms with Crippen molar-refractivity contribution in [2.24, 2.45) is 29.6 Å². The fraction of sp³-hybridized carbons (Fsp3) is 0.846. The molecule has 0 heterocycles. The summed E-state index contributed by atoms with van der Waals surface area (Å²) in [5.74, 6) is 4.15. The molecule has 0 nitrogen and oxygen atoms in total. The highest BCUT2D eigenvalue weighted by Crippen LogP contribution is 2.44. The molecule has 0 radical (unpaired) electrons. The molecular formula is C13H24. The molecule has 76 valence electrons. The molecule has 1 saturated carbocycles. The van der Waals surface area contributed by atoms with E-state index >= 15 is 0 Å². The maximum absolute atomic E-state index is 4.14. The van der Waals surface area contributed by atoms with E-state index in [2.05, 4.69) is 41.2 Å². The molecule has 1 aliphatic rings. The van der Waals surface area contributed by atoms with E-state index < -0.39 is 0 Å². The Bertz CT molecular complexity index is 192. The lowest BCUT2D eigenvalue weighted by atomic mass is 9.62. The number of hydrogen-bond acceptors (Lipinski definition) is 0. The van der Waals surface area contributed by atoms with Crippen LogP contribution in [0.25, 0.3) is 0 Å². The third-order valence-corrected chi connectivity index (χ3v) is 4.22. The Kier molecular flexibility index (Phi) is 3.21. The van der Waals surface area contributed by atoms with Gasteiger partial charge in [0.25, 0.3) is 0 Å². The normalized spacial score (nSPS) is 46.1. The third-order valence-electron chi connectivity index (χ3n) is 4.22. The van der Waals surface area contributed by atoms with Crippen molar-refractivity contribution in [3.05, 3.63) is 12.2 Å². The Morgan fingerprint density at radius 3 is 2.00 bits per heavy atom. The van der Waals surface area contributed by atoms with Gasteiger partial charge in [-0.25, -0.2) is 0 Å². The zero-order valence-electron chi connectivity index (χ0n) is 9.80. The fourth-order valence-electron chi connectivity index (χ4n) is 3.25. The first-order valence-electron chi connectivity index (χ1n) is 5.60. The topological polar surface area (TPSA) is 0 Å². The first kappa shape index (κ1) is 10.8. The lowest BCUT2D eigenvalue weighted by molar-refractivity contribution is 0.0960. The third kappa shape index (κ3) is 1.98. The van der Waals surface area contributed by atoms with Crippen LogP contribution in [0.2, 0.25) is 0 Å². The first-order chi connectivity index (χ1) is 5.95. The van der Waals surface area contributed by atoms with Crippen LogP contribution in [0.1, 0.15) is 41.0 Å². The summed E-state index contributed by atoms with van der Waals surface area (Å²) >= 11 is 0. The summed E-state index contributed by atoms with van der Waals surface area (Å²) in [5.41, 5.74) is 1.39. The minimum atomic E-state index is 0.756. The van der Waals surface area contributed by atoms with Gasteiger partial charge in [-0.05, 0) is 42.9 Å². The molecule has 0 bridgehead atoms. The summed E-state index contributed by atoms with van der Waals surface area (Å²) in [5, 5.41) is 0. The second kappa shape index (κ2) is 3.86. The van der Waals surface area contributed by atoms with Gasteiger partial charge in [0.15, 0.2) is 0 Å². The van der Waals surface area contributed by atoms with Crippen molar-refractivity contribution in [2.45, 2.75) is 41.0 Å². The van der Waals surface area contributed by atoms with E-state index in [-0.39, 0.29) is 0 Å². The Morgan fingerprint density at radius 2 is 1.54 bits per heavy atom. The van der Waals surface area contributed by atoms with Crippen LogP contribution < -0.4 is 0 Å². The predicted molar refractivity (Wildman–Crippen MR) is 59.6 cm³/mol. The van der Waals surface area contributed by atoms with E-state index in [9.17, 15) is 0 Å². The minimum Gasteiger partial charge on any atom is -0.0998 e. The summed E-state index contributed by atoms with van der Waals surface area (Å²) < 4.78 is 0. The van der Waals surface area contributed by atoms with Gasteiger partial charge < -0.3 is 0 Å². The molecule has 0 aromatic heterocycles. The Morgan fingerprint density at radius 1 is 1.00 bits per heavy atom. The standard InChI is InChI=1S/C13H24/c1-8(2)13-10(4)7-9(3)11(5)12(13)6/h9-13H,1,7H2,2-6H3. The average molecular weight is 180 g/mol. The van der Waals surface area contributed by atoms with Gasteiger partial charge in [-0.2, -0.15) is 0 Å². The second-order valence-electron chi connectivity index (χ2n) is 5.28. The van der Waals surface area contributed by atoms with Crippen LogP contribution in [0.15, 0.2) is 12.2 Å². The molecule has 0 aliphatic heterocycles. The Labute approximate surface area is 83.4 Å². The van der Waals surface area contributed by atoms with Crippen LogP contribution in [0.3, 0.4) is 0 Å². The molecular weight excluding hydrogens is 156 g/mol. The molecule has 1 fully saturated rings. The van der Waals surface area contributed by atoms with Gasteiger partial charge in [0.05, 0.1) is 0 Å². The molecule has 1 aliphatic carbocycles. The van der Waals surface area contributed by atoms with Crippen molar-refractivity contribution in [1.82, 2.24) is 0 Å². The van der Waals surface area contributed by atoms with Gasteiger partial charge in [0, 0.05) is 0 Å². The van der Waals surface area contributed by atoms with Gasteiger partial charge >= 0.3 is 0 Å². The SMILES string of the molecule is C=C(C)C1C(C)CC(C)C(C)C1C. The monoisotopic (exact) mass is 180 g/mol. The molecule has 0 amide bonds. The van der Waals surface area contributed by atoms with E-state index in [1.165, 1.54) is 12.0 Å². The van der Waals surface area contributed by atoms with Crippen LogP contribution in [-0.4, -0.2) is 0 Å². The van der Waals surface area contributed by atoms with Crippen LogP contribution >= 0.6 is 0 Å². The van der Waals surface area contributed by atoms with E-state index in [1.807, 2.05) is 0 Å². The van der Waals surface area contributed by atoms with E-state index in [0.717, 1.165) is 29.6 Å². The highest BCUT2D eigenvalue weighted by molar-refractivity contribution is 5.04. The Hall–Kier alpha value is -0.260. The van der Waals surface area contributed by atoms with Crippen LogP contribution in [0.4, 0.5) is 0 Å². The van der Waals surface area contributed by atoms with Crippen LogP contribution in [0, 0.1) is 29.6 Å².